The van der Waals surface area contributed by atoms with Crippen LogP contribution < -0.4 is 4.90 Å². The molecule has 1 fully saturated rings. The van der Waals surface area contributed by atoms with Crippen LogP contribution >= 0.6 is 0 Å². The van der Waals surface area contributed by atoms with Gasteiger partial charge in [0.1, 0.15) is 0 Å². The van der Waals surface area contributed by atoms with Gasteiger partial charge in [0.2, 0.25) is 0 Å². The van der Waals surface area contributed by atoms with Crippen molar-refractivity contribution in [1.29, 1.82) is 0 Å². The minimum atomic E-state index is -0.561. The molecule has 3 heterocycles. The van der Waals surface area contributed by atoms with Crippen LogP contribution in [0, 0.1) is 6.92 Å². The van der Waals surface area contributed by atoms with E-state index in [1.54, 1.807) is 0 Å². The van der Waals surface area contributed by atoms with Crippen molar-refractivity contribution in [3.63, 3.8) is 0 Å². The maximum atomic E-state index is 12.9. The van der Waals surface area contributed by atoms with Crippen LogP contribution in [0.2, 0.25) is 0 Å². The Morgan fingerprint density at radius 2 is 1.72 bits per heavy atom. The van der Waals surface area contributed by atoms with Gasteiger partial charge in [-0.2, -0.15) is 0 Å². The van der Waals surface area contributed by atoms with Crippen LogP contribution in [0.4, 0.5) is 5.69 Å². The van der Waals surface area contributed by atoms with Crippen molar-refractivity contribution in [3.05, 3.63) is 53.3 Å². The molecule has 1 saturated heterocycles. The molecule has 6 heteroatoms. The number of rotatable bonds is 5. The molecule has 0 spiro atoms. The molecule has 2 aromatic rings. The molecule has 0 bridgehead atoms. The van der Waals surface area contributed by atoms with Crippen LogP contribution in [-0.4, -0.2) is 71.2 Å². The van der Waals surface area contributed by atoms with Crippen molar-refractivity contribution in [3.8, 4) is 0 Å². The third kappa shape index (κ3) is 4.33. The third-order valence-corrected chi connectivity index (χ3v) is 6.30. The van der Waals surface area contributed by atoms with Gasteiger partial charge in [-0.25, -0.2) is 0 Å². The highest BCUT2D eigenvalue weighted by Crippen LogP contribution is 2.27. The standard InChI is InChI=1S/C23H32N4O2/c1-18-4-6-19(7-5-18)26-16-14-25(15-17-26)10-3-11-27-13-9-21(28)22-20(23(27)29)8-12-24(22)2/h4-8,12,21,28H,3,9-11,13-17H2,1-2H3. The van der Waals surface area contributed by atoms with E-state index >= 15 is 0 Å². The van der Waals surface area contributed by atoms with E-state index in [0.717, 1.165) is 51.4 Å². The fourth-order valence-corrected chi connectivity index (χ4v) is 4.51. The smallest absolute Gasteiger partial charge is 0.255 e. The second kappa shape index (κ2) is 8.59. The van der Waals surface area contributed by atoms with E-state index in [9.17, 15) is 9.90 Å². The lowest BCUT2D eigenvalue weighted by atomic mass is 10.1. The zero-order valence-corrected chi connectivity index (χ0v) is 17.5. The summed E-state index contributed by atoms with van der Waals surface area (Å²) in [5.41, 5.74) is 4.02. The lowest BCUT2D eigenvalue weighted by molar-refractivity contribution is 0.0738. The number of hydrogen-bond acceptors (Lipinski definition) is 4. The lowest BCUT2D eigenvalue weighted by Crippen LogP contribution is -2.47. The number of fused-ring (bicyclic) bond motifs is 1. The van der Waals surface area contributed by atoms with E-state index in [1.807, 2.05) is 28.8 Å². The molecular weight excluding hydrogens is 364 g/mol. The Labute approximate surface area is 173 Å². The first-order valence-corrected chi connectivity index (χ1v) is 10.7. The summed E-state index contributed by atoms with van der Waals surface area (Å²) < 4.78 is 1.87. The quantitative estimate of drug-likeness (QED) is 0.843. The number of aryl methyl sites for hydroxylation is 2. The number of amides is 1. The maximum Gasteiger partial charge on any atom is 0.255 e. The number of aliphatic hydroxyl groups is 1. The number of nitrogens with zero attached hydrogens (tertiary/aromatic N) is 4. The number of carbonyl (C=O) groups excluding carboxylic acids is 1. The molecule has 1 aromatic heterocycles. The summed E-state index contributed by atoms with van der Waals surface area (Å²) in [6, 6.07) is 10.6. The van der Waals surface area contributed by atoms with E-state index in [4.69, 9.17) is 0 Å². The highest BCUT2D eigenvalue weighted by molar-refractivity contribution is 5.96. The number of benzene rings is 1. The molecule has 0 radical (unpaired) electrons. The van der Waals surface area contributed by atoms with E-state index in [0.29, 0.717) is 18.5 Å². The molecular formula is C23H32N4O2. The number of piperazine rings is 1. The molecule has 1 unspecified atom stereocenters. The molecule has 1 aromatic carbocycles. The van der Waals surface area contributed by atoms with E-state index < -0.39 is 6.10 Å². The van der Waals surface area contributed by atoms with Gasteiger partial charge >= 0.3 is 0 Å². The first kappa shape index (κ1) is 20.0. The van der Waals surface area contributed by atoms with Crippen molar-refractivity contribution in [2.24, 2.45) is 7.05 Å². The molecule has 2 aliphatic rings. The lowest BCUT2D eigenvalue weighted by Gasteiger charge is -2.36. The Morgan fingerprint density at radius 3 is 2.45 bits per heavy atom. The molecule has 0 aliphatic carbocycles. The minimum Gasteiger partial charge on any atom is -0.387 e. The third-order valence-electron chi connectivity index (χ3n) is 6.30. The SMILES string of the molecule is Cc1ccc(N2CCN(CCCN3CCC(O)c4c(ccn4C)C3=O)CC2)cc1. The Hall–Kier alpha value is -2.31. The van der Waals surface area contributed by atoms with Crippen molar-refractivity contribution in [2.45, 2.75) is 25.9 Å². The first-order valence-electron chi connectivity index (χ1n) is 10.7. The average Bonchev–Trinajstić information content (AvgIpc) is 3.07. The van der Waals surface area contributed by atoms with Gasteiger partial charge in [0, 0.05) is 58.2 Å². The van der Waals surface area contributed by atoms with E-state index in [2.05, 4.69) is 41.0 Å². The normalized spacial score (nSPS) is 20.7. The Kier molecular flexibility index (Phi) is 5.92. The molecule has 2 aliphatic heterocycles. The number of anilines is 1. The van der Waals surface area contributed by atoms with Crippen LogP contribution in [0.3, 0.4) is 0 Å². The van der Waals surface area contributed by atoms with Crippen LogP contribution in [0.1, 0.15) is 40.6 Å². The van der Waals surface area contributed by atoms with Crippen LogP contribution in [-0.2, 0) is 7.05 Å². The highest BCUT2D eigenvalue weighted by atomic mass is 16.3. The minimum absolute atomic E-state index is 0.0568. The molecule has 0 saturated carbocycles. The predicted molar refractivity (Wildman–Crippen MR) is 115 cm³/mol. The summed E-state index contributed by atoms with van der Waals surface area (Å²) >= 11 is 0. The summed E-state index contributed by atoms with van der Waals surface area (Å²) in [6.07, 6.45) is 2.87. The summed E-state index contributed by atoms with van der Waals surface area (Å²) in [4.78, 5) is 19.7. The fourth-order valence-electron chi connectivity index (χ4n) is 4.51. The van der Waals surface area contributed by atoms with Gasteiger partial charge < -0.3 is 19.5 Å². The Bertz CT molecular complexity index is 837. The zero-order valence-electron chi connectivity index (χ0n) is 17.5. The number of aromatic nitrogens is 1. The van der Waals surface area contributed by atoms with Gasteiger partial charge in [-0.15, -0.1) is 0 Å². The number of aliphatic hydroxyl groups excluding tert-OH is 1. The predicted octanol–water partition coefficient (Wildman–Crippen LogP) is 2.43. The molecule has 29 heavy (non-hydrogen) atoms. The summed E-state index contributed by atoms with van der Waals surface area (Å²) in [5, 5.41) is 10.4. The second-order valence-corrected chi connectivity index (χ2v) is 8.34. The zero-order chi connectivity index (χ0) is 20.4. The van der Waals surface area contributed by atoms with E-state index in [-0.39, 0.29) is 5.91 Å². The van der Waals surface area contributed by atoms with Crippen molar-refractivity contribution in [1.82, 2.24) is 14.4 Å². The molecule has 4 rings (SSSR count). The average molecular weight is 397 g/mol. The molecule has 1 N–H and O–H groups in total. The van der Waals surface area contributed by atoms with Gasteiger partial charge in [0.15, 0.2) is 0 Å². The van der Waals surface area contributed by atoms with Gasteiger partial charge in [-0.3, -0.25) is 9.69 Å². The summed E-state index contributed by atoms with van der Waals surface area (Å²) in [6.45, 7) is 8.71. The van der Waals surface area contributed by atoms with E-state index in [1.165, 1.54) is 11.3 Å². The number of carbonyl (C=O) groups is 1. The van der Waals surface area contributed by atoms with Gasteiger partial charge in [0.05, 0.1) is 17.4 Å². The monoisotopic (exact) mass is 396 g/mol. The largest absolute Gasteiger partial charge is 0.387 e. The first-order chi connectivity index (χ1) is 14.0. The second-order valence-electron chi connectivity index (χ2n) is 8.34. The molecule has 6 nitrogen and oxygen atoms in total. The van der Waals surface area contributed by atoms with Crippen molar-refractivity contribution >= 4 is 11.6 Å². The van der Waals surface area contributed by atoms with Crippen LogP contribution in [0.5, 0.6) is 0 Å². The summed E-state index contributed by atoms with van der Waals surface area (Å²) in [7, 11) is 1.89. The van der Waals surface area contributed by atoms with Gasteiger partial charge in [0.25, 0.3) is 5.91 Å². The molecule has 1 amide bonds. The van der Waals surface area contributed by atoms with Crippen LogP contribution in [0.25, 0.3) is 0 Å². The fraction of sp³-hybridized carbons (Fsp3) is 0.522. The Morgan fingerprint density at radius 1 is 1.00 bits per heavy atom. The molecule has 156 valence electrons. The Balaban J connectivity index is 1.26. The maximum absolute atomic E-state index is 12.9. The van der Waals surface area contributed by atoms with Crippen LogP contribution in [0.15, 0.2) is 36.5 Å². The highest BCUT2D eigenvalue weighted by Gasteiger charge is 2.29. The van der Waals surface area contributed by atoms with Gasteiger partial charge in [-0.1, -0.05) is 17.7 Å². The summed E-state index contributed by atoms with van der Waals surface area (Å²) in [5.74, 6) is 0.0568. The topological polar surface area (TPSA) is 52.0 Å². The number of hydrogen-bond donors (Lipinski definition) is 1. The molecule has 1 atom stereocenters. The van der Waals surface area contributed by atoms with Crippen molar-refractivity contribution in [2.75, 3.05) is 50.7 Å². The van der Waals surface area contributed by atoms with Gasteiger partial charge in [-0.05, 0) is 44.5 Å². The van der Waals surface area contributed by atoms with Crippen molar-refractivity contribution < 1.29 is 9.90 Å².